The maximum atomic E-state index is 5.62. The third-order valence-corrected chi connectivity index (χ3v) is 2.36. The lowest BCUT2D eigenvalue weighted by Gasteiger charge is -2.18. The molecule has 1 rings (SSSR count). The van der Waals surface area contributed by atoms with Crippen LogP contribution in [-0.4, -0.2) is 30.6 Å². The van der Waals surface area contributed by atoms with E-state index in [0.717, 1.165) is 18.1 Å². The van der Waals surface area contributed by atoms with Crippen molar-refractivity contribution in [2.75, 3.05) is 25.5 Å². The van der Waals surface area contributed by atoms with Gasteiger partial charge >= 0.3 is 0 Å². The Morgan fingerprint density at radius 2 is 2.13 bits per heavy atom. The summed E-state index contributed by atoms with van der Waals surface area (Å²) in [5, 5.41) is 0. The second-order valence-electron chi connectivity index (χ2n) is 4.21. The highest BCUT2D eigenvalue weighted by molar-refractivity contribution is 5.44. The van der Waals surface area contributed by atoms with Crippen molar-refractivity contribution >= 4 is 5.82 Å². The summed E-state index contributed by atoms with van der Waals surface area (Å²) in [5.41, 5.74) is 6.79. The Morgan fingerprint density at radius 1 is 1.47 bits per heavy atom. The summed E-state index contributed by atoms with van der Waals surface area (Å²) in [6.07, 6.45) is 2.84. The zero-order valence-corrected chi connectivity index (χ0v) is 9.99. The average molecular weight is 208 g/mol. The predicted octanol–water partition coefficient (Wildman–Crippen LogP) is 0.988. The molecule has 0 saturated heterocycles. The quantitative estimate of drug-likeness (QED) is 0.801. The number of anilines is 1. The van der Waals surface area contributed by atoms with E-state index in [1.54, 1.807) is 0 Å². The van der Waals surface area contributed by atoms with Crippen molar-refractivity contribution in [3.05, 3.63) is 17.6 Å². The van der Waals surface area contributed by atoms with Crippen molar-refractivity contribution in [3.8, 4) is 0 Å². The van der Waals surface area contributed by atoms with E-state index in [0.29, 0.717) is 12.5 Å². The summed E-state index contributed by atoms with van der Waals surface area (Å²) < 4.78 is 0. The third-order valence-electron chi connectivity index (χ3n) is 2.36. The largest absolute Gasteiger partial charge is 0.362 e. The van der Waals surface area contributed by atoms with E-state index >= 15 is 0 Å². The number of aromatic nitrogens is 2. The van der Waals surface area contributed by atoms with Crippen LogP contribution in [0.2, 0.25) is 0 Å². The van der Waals surface area contributed by atoms with Crippen LogP contribution in [-0.2, 0) is 6.42 Å². The molecule has 0 bridgehead atoms. The van der Waals surface area contributed by atoms with Gasteiger partial charge in [-0.15, -0.1) is 0 Å². The normalized spacial score (nSPS) is 12.6. The summed E-state index contributed by atoms with van der Waals surface area (Å²) in [7, 11) is 4.00. The molecule has 0 amide bonds. The van der Waals surface area contributed by atoms with E-state index in [-0.39, 0.29) is 0 Å². The maximum absolute atomic E-state index is 5.62. The minimum atomic E-state index is 0.468. The van der Waals surface area contributed by atoms with Crippen molar-refractivity contribution in [1.29, 1.82) is 0 Å². The van der Waals surface area contributed by atoms with Gasteiger partial charge in [-0.05, 0) is 25.8 Å². The first-order valence-corrected chi connectivity index (χ1v) is 5.24. The number of hydrogen-bond donors (Lipinski definition) is 1. The van der Waals surface area contributed by atoms with E-state index in [1.165, 1.54) is 5.56 Å². The number of hydrogen-bond acceptors (Lipinski definition) is 4. The van der Waals surface area contributed by atoms with E-state index in [9.17, 15) is 0 Å². The summed E-state index contributed by atoms with van der Waals surface area (Å²) in [4.78, 5) is 10.7. The summed E-state index contributed by atoms with van der Waals surface area (Å²) in [6, 6.07) is 0. The van der Waals surface area contributed by atoms with Crippen LogP contribution in [0.15, 0.2) is 6.20 Å². The highest BCUT2D eigenvalue weighted by Gasteiger charge is 2.10. The maximum Gasteiger partial charge on any atom is 0.134 e. The van der Waals surface area contributed by atoms with Crippen molar-refractivity contribution in [2.45, 2.75) is 20.3 Å². The van der Waals surface area contributed by atoms with Gasteiger partial charge in [0, 0.05) is 25.9 Å². The van der Waals surface area contributed by atoms with Gasteiger partial charge in [-0.25, -0.2) is 9.97 Å². The van der Waals surface area contributed by atoms with Gasteiger partial charge in [-0.3, -0.25) is 0 Å². The molecule has 0 saturated carbocycles. The molecular weight excluding hydrogens is 188 g/mol. The molecule has 2 N–H and O–H groups in total. The zero-order chi connectivity index (χ0) is 11.4. The Labute approximate surface area is 91.5 Å². The zero-order valence-electron chi connectivity index (χ0n) is 9.99. The van der Waals surface area contributed by atoms with Crippen LogP contribution in [0.3, 0.4) is 0 Å². The molecule has 0 aromatic carbocycles. The standard InChI is InChI=1S/C11H20N4/c1-8(6-12)5-10-7-13-9(2)14-11(10)15(3)4/h7-8H,5-6,12H2,1-4H3. The molecule has 1 aromatic heterocycles. The molecular formula is C11H20N4. The number of rotatable bonds is 4. The summed E-state index contributed by atoms with van der Waals surface area (Å²) in [6.45, 7) is 4.74. The smallest absolute Gasteiger partial charge is 0.134 e. The van der Waals surface area contributed by atoms with E-state index in [2.05, 4.69) is 16.9 Å². The highest BCUT2D eigenvalue weighted by atomic mass is 15.1. The van der Waals surface area contributed by atoms with Crippen LogP contribution in [0.25, 0.3) is 0 Å². The number of nitrogens with zero attached hydrogens (tertiary/aromatic N) is 3. The molecule has 4 nitrogen and oxygen atoms in total. The summed E-state index contributed by atoms with van der Waals surface area (Å²) >= 11 is 0. The Morgan fingerprint density at radius 3 is 2.67 bits per heavy atom. The van der Waals surface area contributed by atoms with Gasteiger partial charge in [0.2, 0.25) is 0 Å². The Bertz CT molecular complexity index is 322. The molecule has 0 aliphatic carbocycles. The first-order chi connectivity index (χ1) is 7.04. The topological polar surface area (TPSA) is 55.0 Å². The third kappa shape index (κ3) is 3.16. The van der Waals surface area contributed by atoms with Crippen LogP contribution in [0.5, 0.6) is 0 Å². The number of nitrogens with two attached hydrogens (primary N) is 1. The van der Waals surface area contributed by atoms with Gasteiger partial charge < -0.3 is 10.6 Å². The molecule has 1 heterocycles. The number of aryl methyl sites for hydroxylation is 1. The van der Waals surface area contributed by atoms with E-state index < -0.39 is 0 Å². The molecule has 1 aromatic rings. The SMILES string of the molecule is Cc1ncc(CC(C)CN)c(N(C)C)n1. The van der Waals surface area contributed by atoms with Crippen molar-refractivity contribution in [3.63, 3.8) is 0 Å². The second kappa shape index (κ2) is 5.07. The molecule has 0 fully saturated rings. The first-order valence-electron chi connectivity index (χ1n) is 5.24. The fourth-order valence-electron chi connectivity index (χ4n) is 1.47. The van der Waals surface area contributed by atoms with Crippen LogP contribution in [0.1, 0.15) is 18.3 Å². The molecule has 4 heteroatoms. The summed E-state index contributed by atoms with van der Waals surface area (Å²) in [5.74, 6) is 2.28. The van der Waals surface area contributed by atoms with Crippen LogP contribution in [0, 0.1) is 12.8 Å². The average Bonchev–Trinajstić information content (AvgIpc) is 2.20. The molecule has 0 spiro atoms. The molecule has 0 aliphatic heterocycles. The van der Waals surface area contributed by atoms with Crippen LogP contribution >= 0.6 is 0 Å². The van der Waals surface area contributed by atoms with Crippen LogP contribution in [0.4, 0.5) is 5.82 Å². The molecule has 84 valence electrons. The predicted molar refractivity (Wildman–Crippen MR) is 63.0 cm³/mol. The van der Waals surface area contributed by atoms with Gasteiger partial charge in [0.15, 0.2) is 0 Å². The monoisotopic (exact) mass is 208 g/mol. The minimum Gasteiger partial charge on any atom is -0.362 e. The second-order valence-corrected chi connectivity index (χ2v) is 4.21. The van der Waals surface area contributed by atoms with Gasteiger partial charge in [-0.1, -0.05) is 6.92 Å². The van der Waals surface area contributed by atoms with Crippen molar-refractivity contribution < 1.29 is 0 Å². The first kappa shape index (κ1) is 11.9. The van der Waals surface area contributed by atoms with Crippen molar-refractivity contribution in [1.82, 2.24) is 9.97 Å². The molecule has 15 heavy (non-hydrogen) atoms. The highest BCUT2D eigenvalue weighted by Crippen LogP contribution is 2.18. The Kier molecular flexibility index (Phi) is 4.03. The van der Waals surface area contributed by atoms with Gasteiger partial charge in [-0.2, -0.15) is 0 Å². The Balaban J connectivity index is 2.95. The lowest BCUT2D eigenvalue weighted by atomic mass is 10.0. The van der Waals surface area contributed by atoms with Gasteiger partial charge in [0.25, 0.3) is 0 Å². The fourth-order valence-corrected chi connectivity index (χ4v) is 1.47. The van der Waals surface area contributed by atoms with Gasteiger partial charge in [0.05, 0.1) is 0 Å². The lowest BCUT2D eigenvalue weighted by Crippen LogP contribution is -2.18. The molecule has 0 aliphatic rings. The van der Waals surface area contributed by atoms with E-state index in [1.807, 2.05) is 32.1 Å². The van der Waals surface area contributed by atoms with Gasteiger partial charge in [0.1, 0.15) is 11.6 Å². The molecule has 1 atom stereocenters. The Hall–Kier alpha value is -1.16. The van der Waals surface area contributed by atoms with E-state index in [4.69, 9.17) is 5.73 Å². The minimum absolute atomic E-state index is 0.468. The van der Waals surface area contributed by atoms with Crippen molar-refractivity contribution in [2.24, 2.45) is 11.7 Å². The molecule has 0 radical (unpaired) electrons. The molecule has 1 unspecified atom stereocenters. The lowest BCUT2D eigenvalue weighted by molar-refractivity contribution is 0.590. The van der Waals surface area contributed by atoms with Crippen LogP contribution < -0.4 is 10.6 Å². The fraction of sp³-hybridized carbons (Fsp3) is 0.636.